The quantitative estimate of drug-likeness (QED) is 0.649. The Morgan fingerprint density at radius 2 is 2.64 bits per heavy atom. The van der Waals surface area contributed by atoms with Crippen LogP contribution in [0.2, 0.25) is 0 Å². The average Bonchev–Trinajstić information content (AvgIpc) is 2.68. The Kier molecular flexibility index (Phi) is 1.90. The standard InChI is InChI=1S/C8H10ClNS/c1-5-4-11-8(10-5)7-2-6(7)3-9/h4,6-7H,2-3H2,1H3/t6-,7+/m0/s1. The van der Waals surface area contributed by atoms with Crippen LogP contribution in [0.5, 0.6) is 0 Å². The van der Waals surface area contributed by atoms with Crippen LogP contribution in [-0.2, 0) is 0 Å². The van der Waals surface area contributed by atoms with Gasteiger partial charge < -0.3 is 0 Å². The van der Waals surface area contributed by atoms with E-state index in [1.54, 1.807) is 11.3 Å². The largest absolute Gasteiger partial charge is 0.246 e. The smallest absolute Gasteiger partial charge is 0.0962 e. The van der Waals surface area contributed by atoms with Gasteiger partial charge in [0, 0.05) is 22.9 Å². The van der Waals surface area contributed by atoms with Crippen molar-refractivity contribution >= 4 is 22.9 Å². The van der Waals surface area contributed by atoms with E-state index in [1.807, 2.05) is 6.92 Å². The molecule has 1 fully saturated rings. The number of halogens is 1. The third-order valence-corrected chi connectivity index (χ3v) is 3.57. The van der Waals surface area contributed by atoms with Gasteiger partial charge in [0.2, 0.25) is 0 Å². The molecule has 0 spiro atoms. The topological polar surface area (TPSA) is 12.9 Å². The van der Waals surface area contributed by atoms with Crippen molar-refractivity contribution in [3.63, 3.8) is 0 Å². The van der Waals surface area contributed by atoms with E-state index in [2.05, 4.69) is 10.4 Å². The zero-order valence-corrected chi connectivity index (χ0v) is 7.95. The van der Waals surface area contributed by atoms with Crippen molar-refractivity contribution < 1.29 is 0 Å². The van der Waals surface area contributed by atoms with Gasteiger partial charge in [-0.15, -0.1) is 22.9 Å². The molecule has 1 aromatic rings. The molecule has 1 aliphatic carbocycles. The molecular formula is C8H10ClNS. The van der Waals surface area contributed by atoms with Crippen molar-refractivity contribution in [2.45, 2.75) is 19.3 Å². The van der Waals surface area contributed by atoms with Crippen LogP contribution < -0.4 is 0 Å². The molecule has 0 N–H and O–H groups in total. The lowest BCUT2D eigenvalue weighted by atomic mass is 10.3. The monoisotopic (exact) mass is 187 g/mol. The molecule has 0 aromatic carbocycles. The maximum atomic E-state index is 5.73. The molecule has 0 aliphatic heterocycles. The fourth-order valence-electron chi connectivity index (χ4n) is 1.26. The molecule has 0 bridgehead atoms. The Hall–Kier alpha value is -0.0800. The van der Waals surface area contributed by atoms with Gasteiger partial charge in [0.15, 0.2) is 0 Å². The molecular weight excluding hydrogens is 178 g/mol. The van der Waals surface area contributed by atoms with Crippen LogP contribution >= 0.6 is 22.9 Å². The van der Waals surface area contributed by atoms with Crippen LogP contribution in [0.25, 0.3) is 0 Å². The van der Waals surface area contributed by atoms with Gasteiger partial charge >= 0.3 is 0 Å². The summed E-state index contributed by atoms with van der Waals surface area (Å²) in [6, 6.07) is 0. The van der Waals surface area contributed by atoms with Crippen LogP contribution in [0.15, 0.2) is 5.38 Å². The number of hydrogen-bond donors (Lipinski definition) is 0. The van der Waals surface area contributed by atoms with Gasteiger partial charge in [-0.25, -0.2) is 4.98 Å². The van der Waals surface area contributed by atoms with Gasteiger partial charge in [-0.05, 0) is 19.3 Å². The first-order valence-corrected chi connectivity index (χ1v) is 5.20. The molecule has 1 heterocycles. The Morgan fingerprint density at radius 1 is 1.82 bits per heavy atom. The summed E-state index contributed by atoms with van der Waals surface area (Å²) in [5.74, 6) is 2.19. The maximum absolute atomic E-state index is 5.73. The highest BCUT2D eigenvalue weighted by Gasteiger charge is 2.39. The van der Waals surface area contributed by atoms with Crippen LogP contribution in [-0.4, -0.2) is 10.9 Å². The molecule has 0 saturated heterocycles. The molecule has 1 saturated carbocycles. The minimum Gasteiger partial charge on any atom is -0.246 e. The van der Waals surface area contributed by atoms with Gasteiger partial charge in [-0.2, -0.15) is 0 Å². The lowest BCUT2D eigenvalue weighted by Crippen LogP contribution is -1.83. The molecule has 1 aromatic heterocycles. The summed E-state index contributed by atoms with van der Waals surface area (Å²) in [4.78, 5) is 4.43. The van der Waals surface area contributed by atoms with Crippen molar-refractivity contribution in [2.75, 3.05) is 5.88 Å². The molecule has 2 atom stereocenters. The van der Waals surface area contributed by atoms with Crippen molar-refractivity contribution in [1.82, 2.24) is 4.98 Å². The van der Waals surface area contributed by atoms with E-state index in [9.17, 15) is 0 Å². The van der Waals surface area contributed by atoms with Gasteiger partial charge in [0.1, 0.15) is 0 Å². The van der Waals surface area contributed by atoms with Gasteiger partial charge in [-0.1, -0.05) is 0 Å². The SMILES string of the molecule is Cc1csc([C@@H]2C[C@H]2CCl)n1. The third-order valence-electron chi connectivity index (χ3n) is 2.07. The van der Waals surface area contributed by atoms with Crippen molar-refractivity contribution in [2.24, 2.45) is 5.92 Å². The summed E-state index contributed by atoms with van der Waals surface area (Å²) in [5, 5.41) is 3.40. The summed E-state index contributed by atoms with van der Waals surface area (Å²) in [7, 11) is 0. The highest BCUT2D eigenvalue weighted by molar-refractivity contribution is 7.09. The molecule has 11 heavy (non-hydrogen) atoms. The second-order valence-electron chi connectivity index (χ2n) is 3.08. The molecule has 1 aliphatic rings. The summed E-state index contributed by atoms with van der Waals surface area (Å²) in [6.07, 6.45) is 1.25. The normalized spacial score (nSPS) is 28.9. The van der Waals surface area contributed by atoms with E-state index >= 15 is 0 Å². The second kappa shape index (κ2) is 2.76. The number of hydrogen-bond acceptors (Lipinski definition) is 2. The van der Waals surface area contributed by atoms with E-state index in [4.69, 9.17) is 11.6 Å². The molecule has 2 rings (SSSR count). The summed E-state index contributed by atoms with van der Waals surface area (Å²) in [5.41, 5.74) is 1.14. The fourth-order valence-corrected chi connectivity index (χ4v) is 2.61. The highest BCUT2D eigenvalue weighted by atomic mass is 35.5. The van der Waals surface area contributed by atoms with Crippen LogP contribution in [0, 0.1) is 12.8 Å². The number of thiazole rings is 1. The van der Waals surface area contributed by atoms with E-state index in [0.29, 0.717) is 11.8 Å². The summed E-state index contributed by atoms with van der Waals surface area (Å²) < 4.78 is 0. The Bertz CT molecular complexity index is 258. The van der Waals surface area contributed by atoms with Crippen molar-refractivity contribution in [3.8, 4) is 0 Å². The van der Waals surface area contributed by atoms with E-state index in [1.165, 1.54) is 11.4 Å². The zero-order chi connectivity index (χ0) is 7.84. The summed E-state index contributed by atoms with van der Waals surface area (Å²) >= 11 is 7.50. The first-order valence-electron chi connectivity index (χ1n) is 3.79. The number of aromatic nitrogens is 1. The van der Waals surface area contributed by atoms with Crippen molar-refractivity contribution in [1.29, 1.82) is 0 Å². The van der Waals surface area contributed by atoms with Gasteiger partial charge in [0.05, 0.1) is 5.01 Å². The third kappa shape index (κ3) is 1.42. The molecule has 0 radical (unpaired) electrons. The Morgan fingerprint density at radius 3 is 3.09 bits per heavy atom. The lowest BCUT2D eigenvalue weighted by Gasteiger charge is -1.88. The first-order chi connectivity index (χ1) is 5.31. The maximum Gasteiger partial charge on any atom is 0.0962 e. The fraction of sp³-hybridized carbons (Fsp3) is 0.625. The van der Waals surface area contributed by atoms with E-state index < -0.39 is 0 Å². The number of rotatable bonds is 2. The van der Waals surface area contributed by atoms with Crippen molar-refractivity contribution in [3.05, 3.63) is 16.1 Å². The predicted molar refractivity (Wildman–Crippen MR) is 48.4 cm³/mol. The zero-order valence-electron chi connectivity index (χ0n) is 6.38. The minimum atomic E-state index is 0.686. The molecule has 1 nitrogen and oxygen atoms in total. The molecule has 0 unspecified atom stereocenters. The van der Waals surface area contributed by atoms with Crippen LogP contribution in [0.4, 0.5) is 0 Å². The molecule has 3 heteroatoms. The Labute approximate surface area is 75.4 Å². The number of nitrogens with zero attached hydrogens (tertiary/aromatic N) is 1. The van der Waals surface area contributed by atoms with Gasteiger partial charge in [-0.3, -0.25) is 0 Å². The Balaban J connectivity index is 2.08. The minimum absolute atomic E-state index is 0.686. The predicted octanol–water partition coefficient (Wildman–Crippen LogP) is 2.79. The van der Waals surface area contributed by atoms with Gasteiger partial charge in [0.25, 0.3) is 0 Å². The van der Waals surface area contributed by atoms with E-state index in [0.717, 1.165) is 11.6 Å². The lowest BCUT2D eigenvalue weighted by molar-refractivity contribution is 0.909. The average molecular weight is 188 g/mol. The molecule has 60 valence electrons. The van der Waals surface area contributed by atoms with Crippen LogP contribution in [0.1, 0.15) is 23.0 Å². The molecule has 0 amide bonds. The number of alkyl halides is 1. The van der Waals surface area contributed by atoms with Crippen LogP contribution in [0.3, 0.4) is 0 Å². The second-order valence-corrected chi connectivity index (χ2v) is 4.28. The number of aryl methyl sites for hydroxylation is 1. The summed E-state index contributed by atoms with van der Waals surface area (Å²) in [6.45, 7) is 2.04. The highest BCUT2D eigenvalue weighted by Crippen LogP contribution is 2.48. The van der Waals surface area contributed by atoms with E-state index in [-0.39, 0.29) is 0 Å². The first kappa shape index (κ1) is 7.56.